The van der Waals surface area contributed by atoms with Gasteiger partial charge in [0.1, 0.15) is 18.3 Å². The number of carbonyl (C=O) groups is 9. The molecular weight excluding hydrogens is 1640 g/mol. The number of allylic oxidation sites excluding steroid dienone is 6. The number of amides is 10. The Morgan fingerprint density at radius 3 is 1.92 bits per heavy atom. The minimum Gasteiger partial charge on any atom is -0.512 e. The number of aromatic nitrogens is 2. The van der Waals surface area contributed by atoms with Gasteiger partial charge in [-0.05, 0) is 133 Å². The van der Waals surface area contributed by atoms with Gasteiger partial charge in [-0.25, -0.2) is 14.3 Å². The van der Waals surface area contributed by atoms with E-state index < -0.39 is 137 Å². The number of imidazole rings is 1. The van der Waals surface area contributed by atoms with Crippen LogP contribution in [0, 0.1) is 71.0 Å². The predicted octanol–water partition coefficient (Wildman–Crippen LogP) is 7.63. The molecule has 19 N–H and O–H groups in total. The maximum atomic E-state index is 14.6. The van der Waals surface area contributed by atoms with E-state index in [4.69, 9.17) is 69.3 Å². The number of aliphatic hydroxyl groups excluding tert-OH is 2. The Morgan fingerprint density at radius 1 is 0.727 bits per heavy atom. The maximum absolute atomic E-state index is 14.6. The molecule has 668 valence electrons. The number of ether oxygens (including phenoxy) is 1. The molecule has 2 aromatic rings. The van der Waals surface area contributed by atoms with Crippen LogP contribution >= 0.6 is 19.6 Å². The van der Waals surface area contributed by atoms with E-state index in [1.54, 1.807) is 4.57 Å². The summed E-state index contributed by atoms with van der Waals surface area (Å²) in [5, 5.41) is 47.5. The van der Waals surface area contributed by atoms with Gasteiger partial charge in [-0.2, -0.15) is 11.8 Å². The van der Waals surface area contributed by atoms with Crippen molar-refractivity contribution in [3.8, 4) is 0 Å². The number of thioether (sulfide) groups is 1. The number of nitrogens with two attached hydrogens (primary N) is 5. The molecule has 10 rings (SSSR count). The number of primary amides is 5. The fourth-order valence-electron chi connectivity index (χ4n) is 20.0. The minimum atomic E-state index is -5.10. The number of urea groups is 1. The maximum Gasteiger partial charge on any atom is 3.00 e. The van der Waals surface area contributed by atoms with Gasteiger partial charge in [0.2, 0.25) is 47.3 Å². The molecule has 36 heteroatoms. The normalized spacial score (nSPS) is 31.0. The molecular formula is C85H129CoN17O16PS+2. The number of benzene rings is 1. The van der Waals surface area contributed by atoms with E-state index in [0.29, 0.717) is 81.2 Å². The van der Waals surface area contributed by atoms with Gasteiger partial charge in [0.25, 0.3) is 0 Å². The SMILES string of the molecule is C/C1=C2N=C(/C=C3\N/C(=C(/C)C4=N[C@@](C)(C5N=C1[C@](C)(CCC(=O)NC[C@H](C)OP(=O)(O)O[C@H]1[C@@H](O)[C@@H](n6cnc7cc(C)c(C)cc76)O[C@@H]1CO)[C@H]5CC(N)=O)[C@@](C)(CC(N)=O)[C@@H]4CCC(N)=O)[C@@](C)(CC(N)=O)[C@@H]3CCC(N)=O)C(C)(C)[C@@H]/2CCC(=O)NCCCCCCCCCCCCNC(=O)CCCC[C@@H]1SC[C@@H]2NC(=O)N[C@@H]21.[C-]#N.[Co+3]. The monoisotopic (exact) mass is 1770 g/mol. The van der Waals surface area contributed by atoms with E-state index in [-0.39, 0.29) is 124 Å². The average molecular weight is 1770 g/mol. The number of carbonyl (C=O) groups excluding carboxylic acids is 9. The fourth-order valence-corrected chi connectivity index (χ4v) is 22.7. The number of hydrogen-bond acceptors (Lipinski definition) is 22. The zero-order chi connectivity index (χ0) is 88.1. The predicted molar refractivity (Wildman–Crippen MR) is 456 cm³/mol. The number of phosphoric ester groups is 1. The molecule has 4 saturated heterocycles. The molecule has 0 saturated carbocycles. The van der Waals surface area contributed by atoms with Gasteiger partial charge in [0.15, 0.2) is 6.23 Å². The largest absolute Gasteiger partial charge is 3.00 e. The topological polar surface area (TPSA) is 540 Å². The molecule has 33 nitrogen and oxygen atoms in total. The molecule has 0 spiro atoms. The van der Waals surface area contributed by atoms with Crippen LogP contribution in [0.25, 0.3) is 11.0 Å². The number of aliphatic imine (C=N–C) groups is 3. The van der Waals surface area contributed by atoms with E-state index >= 15 is 0 Å². The Morgan fingerprint density at radius 2 is 1.31 bits per heavy atom. The first kappa shape index (κ1) is 98.5. The van der Waals surface area contributed by atoms with E-state index in [1.807, 2.05) is 99.2 Å². The summed E-state index contributed by atoms with van der Waals surface area (Å²) in [5.41, 5.74) is 32.1. The number of nitrogens with one attached hydrogen (secondary N) is 6. The summed E-state index contributed by atoms with van der Waals surface area (Å²) in [6, 6.07) is 3.00. The van der Waals surface area contributed by atoms with Crippen LogP contribution in [0.5, 0.6) is 0 Å². The number of phosphoric acid groups is 1. The van der Waals surface area contributed by atoms with Crippen LogP contribution in [0.3, 0.4) is 0 Å². The van der Waals surface area contributed by atoms with Gasteiger partial charge in [0, 0.05) is 162 Å². The summed E-state index contributed by atoms with van der Waals surface area (Å²) >= 11 is 1.89. The first-order chi connectivity index (χ1) is 56.7. The second-order valence-corrected chi connectivity index (χ2v) is 38.4. The third kappa shape index (κ3) is 22.8. The summed E-state index contributed by atoms with van der Waals surface area (Å²) in [6.45, 7) is 25.5. The van der Waals surface area contributed by atoms with Crippen molar-refractivity contribution in [3.63, 3.8) is 0 Å². The molecule has 1 aromatic carbocycles. The number of rotatable bonds is 44. The number of fused-ring (bicyclic) bond motifs is 8. The van der Waals surface area contributed by atoms with Crippen molar-refractivity contribution in [1.29, 1.82) is 5.26 Å². The summed E-state index contributed by atoms with van der Waals surface area (Å²) in [6.07, 6.45) is 9.51. The zero-order valence-electron chi connectivity index (χ0n) is 71.9. The zero-order valence-corrected chi connectivity index (χ0v) is 74.7. The Labute approximate surface area is 724 Å². The Balaban J connectivity index is 0.00000602. The van der Waals surface area contributed by atoms with Crippen molar-refractivity contribution in [3.05, 3.63) is 70.5 Å². The molecule has 4 fully saturated rings. The van der Waals surface area contributed by atoms with Crippen molar-refractivity contribution >= 4 is 101 Å². The molecule has 10 amide bonds. The number of hydrogen-bond donors (Lipinski definition) is 14. The number of unbranched alkanes of at least 4 members (excludes halogenated alkanes) is 10. The van der Waals surface area contributed by atoms with Gasteiger partial charge in [-0.1, -0.05) is 92.4 Å². The molecule has 0 radical (unpaired) electrons. The van der Waals surface area contributed by atoms with Crippen LogP contribution in [0.1, 0.15) is 240 Å². The van der Waals surface area contributed by atoms with E-state index in [2.05, 4.69) is 36.9 Å². The van der Waals surface area contributed by atoms with Crippen LogP contribution in [0.2, 0.25) is 0 Å². The third-order valence-electron chi connectivity index (χ3n) is 26.9. The molecule has 8 bridgehead atoms. The summed E-state index contributed by atoms with van der Waals surface area (Å²) in [7, 11) is -5.10. The van der Waals surface area contributed by atoms with Crippen molar-refractivity contribution < 1.29 is 93.4 Å². The first-order valence-corrected chi connectivity index (χ1v) is 45.1. The molecule has 18 atom stereocenters. The first-order valence-electron chi connectivity index (χ1n) is 42.6. The molecule has 9 heterocycles. The number of aryl methyl sites for hydroxylation is 2. The standard InChI is InChI=1S/C84H129N16O16PS.CN.Co/c1-46-36-56-58(37-47(46)2)100(45-93-56)78-73(110)74(59(43-101)114-78)116-117(112,113)115-48(3)42-92-69(109)32-33-81(8)54(38-64(87)104)77-84(11)83(10,41-66(89)106)53(27-30-63(86)103)71(99-84)50(5)76-82(9,40-65(88)105)51(26-29-62(85)102)55(94-76)39-61-80(6,7)52(70(96-61)49(4)75(81)98-77)28-31-68(108)91-35-23-19-17-15-13-12-14-16-18-22-34-90-67(107)25-21-20-24-60-72-57(44-118-60)95-79(111)97-72;1-2;/h36-37,39,45,48,51-54,57,59-60,72-74,77-78,94,101,110H,12-35,38,40-44H2,1-11H3,(H2,85,102)(H2,86,103)(H2,87,104)(H2,88,105)(H2,89,106)(H,90,107)(H,91,108)(H,92,109)(H,112,113)(H2,95,97,111);;/q;-1;+3/b55-39-,70-49-,76-50-;;/t48-,51+,52+,53+,54-,57-,59+,60-,72-,73+,74+,77?,78-,81+,82-,83-,84-;;/m0../s1. The molecule has 8 aliphatic heterocycles. The minimum absolute atomic E-state index is 0. The van der Waals surface area contributed by atoms with Gasteiger partial charge in [-0.15, -0.1) is 0 Å². The van der Waals surface area contributed by atoms with Gasteiger partial charge in [0.05, 0.1) is 53.7 Å². The van der Waals surface area contributed by atoms with Crippen LogP contribution in [0.15, 0.2) is 67.8 Å². The van der Waals surface area contributed by atoms with Crippen LogP contribution in [-0.4, -0.2) is 180 Å². The van der Waals surface area contributed by atoms with Crippen molar-refractivity contribution in [2.45, 2.75) is 296 Å². The molecule has 2 unspecified atom stereocenters. The fraction of sp³-hybridized carbons (Fsp3) is 0.694. The number of aliphatic hydroxyl groups is 2. The molecule has 8 aliphatic rings. The van der Waals surface area contributed by atoms with Crippen molar-refractivity contribution in [1.82, 2.24) is 41.5 Å². The second kappa shape index (κ2) is 42.2. The molecule has 121 heavy (non-hydrogen) atoms. The van der Waals surface area contributed by atoms with Gasteiger partial charge >= 0.3 is 30.6 Å². The average Bonchev–Trinajstić information content (AvgIpc) is 1.52. The summed E-state index contributed by atoms with van der Waals surface area (Å²) < 4.78 is 32.6. The van der Waals surface area contributed by atoms with Crippen molar-refractivity contribution in [2.75, 3.05) is 32.0 Å². The number of nitrogens with zero attached hydrogens (tertiary/aromatic N) is 6. The van der Waals surface area contributed by atoms with Gasteiger partial charge < -0.3 is 96.8 Å². The molecule has 0 aliphatic carbocycles. The van der Waals surface area contributed by atoms with Crippen LogP contribution in [-0.2, 0) is 73.5 Å². The summed E-state index contributed by atoms with van der Waals surface area (Å²) in [4.78, 5) is 154. The van der Waals surface area contributed by atoms with Gasteiger partial charge in [-0.3, -0.25) is 62.4 Å². The molecule has 1 aromatic heterocycles. The Bertz CT molecular complexity index is 4430. The van der Waals surface area contributed by atoms with E-state index in [9.17, 15) is 62.8 Å². The third-order valence-corrected chi connectivity index (χ3v) is 29.5. The van der Waals surface area contributed by atoms with E-state index in [0.717, 1.165) is 100 Å². The second-order valence-electron chi connectivity index (χ2n) is 35.7. The quantitative estimate of drug-likeness (QED) is 0.0131. The van der Waals surface area contributed by atoms with Crippen LogP contribution in [0.4, 0.5) is 4.79 Å². The summed E-state index contributed by atoms with van der Waals surface area (Å²) in [5.74, 6) is -5.77. The smallest absolute Gasteiger partial charge is 0.512 e. The van der Waals surface area contributed by atoms with E-state index in [1.165, 1.54) is 13.3 Å². The Hall–Kier alpha value is -7.91. The van der Waals surface area contributed by atoms with Crippen LogP contribution < -0.4 is 60.6 Å². The van der Waals surface area contributed by atoms with Crippen molar-refractivity contribution in [2.24, 2.45) is 89.0 Å². The Kier molecular flexibility index (Phi) is 34.3.